The van der Waals surface area contributed by atoms with Crippen molar-refractivity contribution in [1.29, 1.82) is 0 Å². The normalized spacial score (nSPS) is 16.4. The number of hydrogen-bond donors (Lipinski definition) is 1. The highest BCUT2D eigenvalue weighted by Crippen LogP contribution is 2.21. The molecule has 1 aliphatic rings. The Morgan fingerprint density at radius 1 is 1.30 bits per heavy atom. The molecule has 0 radical (unpaired) electrons. The second kappa shape index (κ2) is 9.61. The Morgan fingerprint density at radius 3 is 2.74 bits per heavy atom. The van der Waals surface area contributed by atoms with E-state index in [1.807, 2.05) is 0 Å². The second-order valence-electron chi connectivity index (χ2n) is 6.26. The minimum atomic E-state index is -0.761. The lowest BCUT2D eigenvalue weighted by molar-refractivity contribution is -0.136. The van der Waals surface area contributed by atoms with E-state index in [2.05, 4.69) is 5.32 Å². The van der Waals surface area contributed by atoms with E-state index in [-0.39, 0.29) is 29.9 Å². The molecule has 1 unspecified atom stereocenters. The molecule has 0 aliphatic carbocycles. The molecule has 1 aromatic carbocycles. The number of rotatable bonds is 9. The maximum atomic E-state index is 12.7. The number of likely N-dealkylation sites (N-methyl/N-ethyl adjacent to an activating group) is 1. The lowest BCUT2D eigenvalue weighted by Crippen LogP contribution is -2.53. The van der Waals surface area contributed by atoms with E-state index in [1.165, 1.54) is 24.1 Å². The number of nitrogens with one attached hydrogen (secondary N) is 1. The summed E-state index contributed by atoms with van der Waals surface area (Å²) in [5.74, 6) is -0.919. The summed E-state index contributed by atoms with van der Waals surface area (Å²) in [6.07, 6.45) is 3.71. The van der Waals surface area contributed by atoms with Crippen molar-refractivity contribution in [2.45, 2.75) is 38.1 Å². The molecule has 0 spiro atoms. The molecular weight excluding hydrogens is 352 g/mol. The predicted molar refractivity (Wildman–Crippen MR) is 95.5 cm³/mol. The van der Waals surface area contributed by atoms with Crippen molar-refractivity contribution in [1.82, 2.24) is 10.2 Å². The van der Waals surface area contributed by atoms with E-state index < -0.39 is 17.9 Å². The molecule has 27 heavy (non-hydrogen) atoms. The molecule has 1 N–H and O–H groups in total. The number of ether oxygens (including phenoxy) is 1. The van der Waals surface area contributed by atoms with Crippen molar-refractivity contribution in [3.05, 3.63) is 29.3 Å². The lowest BCUT2D eigenvalue weighted by atomic mass is 10.0. The molecule has 1 aliphatic heterocycles. The monoisotopic (exact) mass is 374 g/mol. The standard InChI is InChI=1S/C19H22N2O6/c1-21(16-7-8-17(24)20-18(16)25)19(26)15-6-5-14(11-13(15)12-23)27-10-4-2-3-9-22/h5-6,9,11-12,16H,2-4,7-8,10H2,1H3,(H,20,24,25). The van der Waals surface area contributed by atoms with Crippen molar-refractivity contribution in [2.24, 2.45) is 0 Å². The molecule has 8 nitrogen and oxygen atoms in total. The molecule has 1 fully saturated rings. The molecule has 144 valence electrons. The molecule has 1 heterocycles. The summed E-state index contributed by atoms with van der Waals surface area (Å²) in [7, 11) is 1.47. The first-order valence-electron chi connectivity index (χ1n) is 8.74. The highest BCUT2D eigenvalue weighted by Gasteiger charge is 2.33. The zero-order valence-electron chi connectivity index (χ0n) is 15.1. The summed E-state index contributed by atoms with van der Waals surface area (Å²) in [5.41, 5.74) is 0.315. The van der Waals surface area contributed by atoms with Gasteiger partial charge in [-0.25, -0.2) is 0 Å². The molecule has 2 rings (SSSR count). The van der Waals surface area contributed by atoms with E-state index >= 15 is 0 Å². The molecule has 1 aromatic rings. The van der Waals surface area contributed by atoms with Gasteiger partial charge in [-0.05, 0) is 37.5 Å². The minimum absolute atomic E-state index is 0.157. The Morgan fingerprint density at radius 2 is 2.07 bits per heavy atom. The number of carbonyl (C=O) groups is 5. The van der Waals surface area contributed by atoms with Crippen LogP contribution in [0.2, 0.25) is 0 Å². The van der Waals surface area contributed by atoms with Crippen LogP contribution in [0.4, 0.5) is 0 Å². The molecule has 8 heteroatoms. The van der Waals surface area contributed by atoms with Gasteiger partial charge in [-0.1, -0.05) is 0 Å². The molecule has 0 saturated carbocycles. The highest BCUT2D eigenvalue weighted by atomic mass is 16.5. The smallest absolute Gasteiger partial charge is 0.255 e. The van der Waals surface area contributed by atoms with Crippen molar-refractivity contribution in [2.75, 3.05) is 13.7 Å². The largest absolute Gasteiger partial charge is 0.494 e. The first-order valence-corrected chi connectivity index (χ1v) is 8.74. The zero-order chi connectivity index (χ0) is 19.8. The van der Waals surface area contributed by atoms with Crippen LogP contribution in [0.5, 0.6) is 5.75 Å². The van der Waals surface area contributed by atoms with Crippen molar-refractivity contribution >= 4 is 30.3 Å². The number of unbranched alkanes of at least 4 members (excludes halogenated alkanes) is 2. The van der Waals surface area contributed by atoms with Gasteiger partial charge >= 0.3 is 0 Å². The van der Waals surface area contributed by atoms with Gasteiger partial charge in [0.15, 0.2) is 6.29 Å². The molecule has 0 aromatic heterocycles. The number of benzene rings is 1. The molecule has 0 bridgehead atoms. The number of piperidine rings is 1. The molecule has 1 saturated heterocycles. The van der Waals surface area contributed by atoms with Crippen LogP contribution in [0.1, 0.15) is 52.8 Å². The van der Waals surface area contributed by atoms with Gasteiger partial charge in [-0.15, -0.1) is 0 Å². The van der Waals surface area contributed by atoms with Crippen LogP contribution in [-0.2, 0) is 14.4 Å². The van der Waals surface area contributed by atoms with Gasteiger partial charge < -0.3 is 14.4 Å². The summed E-state index contributed by atoms with van der Waals surface area (Å²) in [4.78, 5) is 58.8. The maximum absolute atomic E-state index is 12.7. The fourth-order valence-corrected chi connectivity index (χ4v) is 2.83. The Labute approximate surface area is 156 Å². The van der Waals surface area contributed by atoms with Gasteiger partial charge in [0.25, 0.3) is 5.91 Å². The van der Waals surface area contributed by atoms with Gasteiger partial charge in [-0.3, -0.25) is 24.5 Å². The lowest BCUT2D eigenvalue weighted by Gasteiger charge is -2.30. The fraction of sp³-hybridized carbons (Fsp3) is 0.421. The van der Waals surface area contributed by atoms with Crippen LogP contribution in [0, 0.1) is 0 Å². The van der Waals surface area contributed by atoms with Gasteiger partial charge in [0.2, 0.25) is 11.8 Å². The van der Waals surface area contributed by atoms with Crippen LogP contribution < -0.4 is 10.1 Å². The van der Waals surface area contributed by atoms with Crippen molar-refractivity contribution < 1.29 is 28.7 Å². The van der Waals surface area contributed by atoms with Gasteiger partial charge in [0, 0.05) is 25.5 Å². The van der Waals surface area contributed by atoms with E-state index in [4.69, 9.17) is 4.74 Å². The topological polar surface area (TPSA) is 110 Å². The summed E-state index contributed by atoms with van der Waals surface area (Å²) in [5, 5.41) is 2.21. The fourth-order valence-electron chi connectivity index (χ4n) is 2.83. The highest BCUT2D eigenvalue weighted by molar-refractivity contribution is 6.06. The van der Waals surface area contributed by atoms with Gasteiger partial charge in [0.1, 0.15) is 18.1 Å². The van der Waals surface area contributed by atoms with Crippen LogP contribution >= 0.6 is 0 Å². The zero-order valence-corrected chi connectivity index (χ0v) is 15.1. The Balaban J connectivity index is 2.06. The Bertz CT molecular complexity index is 746. The van der Waals surface area contributed by atoms with Crippen LogP contribution in [0.15, 0.2) is 18.2 Å². The number of hydrogen-bond acceptors (Lipinski definition) is 6. The first-order chi connectivity index (χ1) is 13.0. The van der Waals surface area contributed by atoms with Gasteiger partial charge in [-0.2, -0.15) is 0 Å². The minimum Gasteiger partial charge on any atom is -0.494 e. The average molecular weight is 374 g/mol. The third-order valence-electron chi connectivity index (χ3n) is 4.36. The van der Waals surface area contributed by atoms with Crippen LogP contribution in [0.3, 0.4) is 0 Å². The van der Waals surface area contributed by atoms with Crippen LogP contribution in [0.25, 0.3) is 0 Å². The molecule has 1 atom stereocenters. The summed E-state index contributed by atoms with van der Waals surface area (Å²) >= 11 is 0. The number of carbonyl (C=O) groups excluding carboxylic acids is 5. The van der Waals surface area contributed by atoms with E-state index in [1.54, 1.807) is 6.07 Å². The quantitative estimate of drug-likeness (QED) is 0.394. The SMILES string of the molecule is CN(C(=O)c1ccc(OCCCCC=O)cc1C=O)C1CCC(=O)NC1=O. The third-order valence-corrected chi connectivity index (χ3v) is 4.36. The third kappa shape index (κ3) is 5.22. The number of aldehydes is 2. The Hall–Kier alpha value is -3.03. The number of amides is 3. The summed E-state index contributed by atoms with van der Waals surface area (Å²) in [6.45, 7) is 0.398. The molecular formula is C19H22N2O6. The Kier molecular flexibility index (Phi) is 7.22. The van der Waals surface area contributed by atoms with Crippen molar-refractivity contribution in [3.63, 3.8) is 0 Å². The average Bonchev–Trinajstić information content (AvgIpc) is 2.66. The number of imide groups is 1. The first kappa shape index (κ1) is 20.3. The van der Waals surface area contributed by atoms with E-state index in [0.717, 1.165) is 12.7 Å². The predicted octanol–water partition coefficient (Wildman–Crippen LogP) is 1.12. The second-order valence-corrected chi connectivity index (χ2v) is 6.26. The summed E-state index contributed by atoms with van der Waals surface area (Å²) < 4.78 is 5.53. The van der Waals surface area contributed by atoms with Gasteiger partial charge in [0.05, 0.1) is 12.2 Å². The van der Waals surface area contributed by atoms with E-state index in [0.29, 0.717) is 31.5 Å². The number of nitrogens with zero attached hydrogens (tertiary/aromatic N) is 1. The summed E-state index contributed by atoms with van der Waals surface area (Å²) in [6, 6.07) is 3.77. The van der Waals surface area contributed by atoms with Crippen LogP contribution in [-0.4, -0.2) is 54.9 Å². The van der Waals surface area contributed by atoms with Crippen molar-refractivity contribution in [3.8, 4) is 5.75 Å². The maximum Gasteiger partial charge on any atom is 0.255 e. The van der Waals surface area contributed by atoms with E-state index in [9.17, 15) is 24.0 Å². The molecule has 3 amide bonds.